The standard InChI is InChI=1S/C32H65NO2/c1-5-7-9-11-15-19-23-30-29-31(30)24-20-16-13-14-18-22-27-35-32(33(3)4)25-28-34-26-21-17-12-10-8-6-2/h30-32H,5-29H2,1-4H3. The van der Waals surface area contributed by atoms with Crippen molar-refractivity contribution in [3.05, 3.63) is 0 Å². The van der Waals surface area contributed by atoms with Crippen LogP contribution in [0.5, 0.6) is 0 Å². The van der Waals surface area contributed by atoms with Crippen molar-refractivity contribution in [1.82, 2.24) is 4.90 Å². The summed E-state index contributed by atoms with van der Waals surface area (Å²) in [7, 11) is 4.24. The van der Waals surface area contributed by atoms with Crippen LogP contribution in [0.2, 0.25) is 0 Å². The highest BCUT2D eigenvalue weighted by Crippen LogP contribution is 2.45. The first-order valence-electron chi connectivity index (χ1n) is 16.0. The molecule has 35 heavy (non-hydrogen) atoms. The molecule has 3 heteroatoms. The third-order valence-electron chi connectivity index (χ3n) is 8.00. The minimum absolute atomic E-state index is 0.197. The number of hydrogen-bond donors (Lipinski definition) is 0. The summed E-state index contributed by atoms with van der Waals surface area (Å²) in [6.07, 6.45) is 30.6. The average Bonchev–Trinajstić information content (AvgIpc) is 3.60. The summed E-state index contributed by atoms with van der Waals surface area (Å²) >= 11 is 0. The van der Waals surface area contributed by atoms with Crippen LogP contribution in [0, 0.1) is 11.8 Å². The van der Waals surface area contributed by atoms with Gasteiger partial charge in [-0.3, -0.25) is 4.90 Å². The second-order valence-electron chi connectivity index (χ2n) is 11.7. The van der Waals surface area contributed by atoms with Crippen LogP contribution in [0.25, 0.3) is 0 Å². The van der Waals surface area contributed by atoms with Crippen molar-refractivity contribution in [2.45, 2.75) is 161 Å². The third kappa shape index (κ3) is 20.6. The molecule has 1 rings (SSSR count). The maximum Gasteiger partial charge on any atom is 0.112 e. The molecule has 0 aliphatic heterocycles. The lowest BCUT2D eigenvalue weighted by atomic mass is 10.0. The molecule has 1 saturated carbocycles. The molecule has 0 spiro atoms. The van der Waals surface area contributed by atoms with E-state index >= 15 is 0 Å². The van der Waals surface area contributed by atoms with E-state index in [9.17, 15) is 0 Å². The van der Waals surface area contributed by atoms with Crippen LogP contribution in [0.1, 0.15) is 155 Å². The number of nitrogens with zero attached hydrogens (tertiary/aromatic N) is 1. The lowest BCUT2D eigenvalue weighted by Crippen LogP contribution is -2.32. The topological polar surface area (TPSA) is 21.7 Å². The van der Waals surface area contributed by atoms with Gasteiger partial charge in [0.1, 0.15) is 6.23 Å². The van der Waals surface area contributed by atoms with Crippen molar-refractivity contribution in [3.8, 4) is 0 Å². The Hall–Kier alpha value is -0.120. The van der Waals surface area contributed by atoms with E-state index in [0.717, 1.165) is 38.1 Å². The molecule has 1 aliphatic carbocycles. The average molecular weight is 496 g/mol. The maximum atomic E-state index is 6.16. The predicted molar refractivity (Wildman–Crippen MR) is 154 cm³/mol. The van der Waals surface area contributed by atoms with Crippen LogP contribution in [0.4, 0.5) is 0 Å². The summed E-state index contributed by atoms with van der Waals surface area (Å²) in [6.45, 7) is 7.20. The summed E-state index contributed by atoms with van der Waals surface area (Å²) in [5, 5.41) is 0. The Labute approximate surface area is 221 Å². The van der Waals surface area contributed by atoms with E-state index in [4.69, 9.17) is 9.47 Å². The first-order valence-corrected chi connectivity index (χ1v) is 16.0. The molecule has 0 aromatic rings. The molecule has 3 nitrogen and oxygen atoms in total. The lowest BCUT2D eigenvalue weighted by molar-refractivity contribution is -0.0560. The number of hydrogen-bond acceptors (Lipinski definition) is 3. The second kappa shape index (κ2) is 24.2. The van der Waals surface area contributed by atoms with Gasteiger partial charge in [-0.2, -0.15) is 0 Å². The molecule has 3 unspecified atom stereocenters. The van der Waals surface area contributed by atoms with Gasteiger partial charge in [-0.1, -0.05) is 129 Å². The Balaban J connectivity index is 1.84. The van der Waals surface area contributed by atoms with E-state index in [0.29, 0.717) is 0 Å². The monoisotopic (exact) mass is 496 g/mol. The van der Waals surface area contributed by atoms with E-state index in [-0.39, 0.29) is 6.23 Å². The maximum absolute atomic E-state index is 6.16. The molecule has 0 amide bonds. The molecule has 0 aromatic heterocycles. The Morgan fingerprint density at radius 1 is 0.571 bits per heavy atom. The molecule has 0 bridgehead atoms. The largest absolute Gasteiger partial charge is 0.381 e. The molecule has 1 fully saturated rings. The second-order valence-corrected chi connectivity index (χ2v) is 11.7. The zero-order valence-electron chi connectivity index (χ0n) is 24.7. The van der Waals surface area contributed by atoms with Crippen LogP contribution in [-0.4, -0.2) is 45.0 Å². The molecule has 0 heterocycles. The fourth-order valence-corrected chi connectivity index (χ4v) is 5.40. The summed E-state index contributed by atoms with van der Waals surface area (Å²) < 4.78 is 12.0. The van der Waals surface area contributed by atoms with Gasteiger partial charge in [0.05, 0.1) is 6.61 Å². The van der Waals surface area contributed by atoms with Gasteiger partial charge in [0, 0.05) is 19.6 Å². The Morgan fingerprint density at radius 2 is 1.03 bits per heavy atom. The first-order chi connectivity index (χ1) is 17.2. The van der Waals surface area contributed by atoms with Gasteiger partial charge in [0.2, 0.25) is 0 Å². The first kappa shape index (κ1) is 32.9. The molecular formula is C32H65NO2. The lowest BCUT2D eigenvalue weighted by Gasteiger charge is -2.24. The quantitative estimate of drug-likeness (QED) is 0.0796. The molecule has 3 atom stereocenters. The Morgan fingerprint density at radius 3 is 1.54 bits per heavy atom. The van der Waals surface area contributed by atoms with Crippen LogP contribution < -0.4 is 0 Å². The van der Waals surface area contributed by atoms with Gasteiger partial charge in [-0.15, -0.1) is 0 Å². The van der Waals surface area contributed by atoms with Crippen molar-refractivity contribution >= 4 is 0 Å². The SMILES string of the molecule is CCCCCCCCOCCC(OCCCCCCCCC1CC1CCCCCCCC)N(C)C. The summed E-state index contributed by atoms with van der Waals surface area (Å²) in [4.78, 5) is 2.20. The van der Waals surface area contributed by atoms with Gasteiger partial charge >= 0.3 is 0 Å². The number of unbranched alkanes of at least 4 members (excludes halogenated alkanes) is 15. The minimum atomic E-state index is 0.197. The van der Waals surface area contributed by atoms with Crippen LogP contribution in [-0.2, 0) is 9.47 Å². The molecule has 1 aliphatic rings. The molecule has 0 N–H and O–H groups in total. The fourth-order valence-electron chi connectivity index (χ4n) is 5.40. The van der Waals surface area contributed by atoms with E-state index in [2.05, 4.69) is 32.8 Å². The Bertz CT molecular complexity index is 428. The van der Waals surface area contributed by atoms with E-state index in [1.54, 1.807) is 6.42 Å². The number of ether oxygens (including phenoxy) is 2. The van der Waals surface area contributed by atoms with E-state index in [1.165, 1.54) is 128 Å². The highest BCUT2D eigenvalue weighted by Gasteiger charge is 2.34. The van der Waals surface area contributed by atoms with Gasteiger partial charge in [0.15, 0.2) is 0 Å². The zero-order chi connectivity index (χ0) is 25.4. The normalized spacial score (nSPS) is 18.4. The van der Waals surface area contributed by atoms with Crippen LogP contribution >= 0.6 is 0 Å². The zero-order valence-corrected chi connectivity index (χ0v) is 24.7. The molecular weight excluding hydrogens is 430 g/mol. The summed E-state index contributed by atoms with van der Waals surface area (Å²) in [6, 6.07) is 0. The molecule has 0 aromatic carbocycles. The molecule has 210 valence electrons. The molecule has 0 saturated heterocycles. The fraction of sp³-hybridized carbons (Fsp3) is 1.00. The predicted octanol–water partition coefficient (Wildman–Crippen LogP) is 9.78. The Kier molecular flexibility index (Phi) is 22.8. The van der Waals surface area contributed by atoms with E-state index < -0.39 is 0 Å². The highest BCUT2D eigenvalue weighted by molar-refractivity contribution is 4.85. The molecule has 0 radical (unpaired) electrons. The third-order valence-corrected chi connectivity index (χ3v) is 8.00. The highest BCUT2D eigenvalue weighted by atomic mass is 16.5. The van der Waals surface area contributed by atoms with E-state index in [1.807, 2.05) is 0 Å². The van der Waals surface area contributed by atoms with Gasteiger partial charge < -0.3 is 9.47 Å². The van der Waals surface area contributed by atoms with Crippen LogP contribution in [0.15, 0.2) is 0 Å². The van der Waals surface area contributed by atoms with Crippen molar-refractivity contribution in [2.24, 2.45) is 11.8 Å². The van der Waals surface area contributed by atoms with Gasteiger partial charge in [-0.25, -0.2) is 0 Å². The van der Waals surface area contributed by atoms with Crippen molar-refractivity contribution < 1.29 is 9.47 Å². The van der Waals surface area contributed by atoms with Crippen molar-refractivity contribution in [3.63, 3.8) is 0 Å². The summed E-state index contributed by atoms with van der Waals surface area (Å²) in [5.74, 6) is 2.20. The minimum Gasteiger partial charge on any atom is -0.381 e. The summed E-state index contributed by atoms with van der Waals surface area (Å²) in [5.41, 5.74) is 0. The number of rotatable bonds is 28. The van der Waals surface area contributed by atoms with Gasteiger partial charge in [0.25, 0.3) is 0 Å². The smallest absolute Gasteiger partial charge is 0.112 e. The van der Waals surface area contributed by atoms with Crippen molar-refractivity contribution in [1.29, 1.82) is 0 Å². The van der Waals surface area contributed by atoms with Crippen molar-refractivity contribution in [2.75, 3.05) is 33.9 Å². The van der Waals surface area contributed by atoms with Crippen LogP contribution in [0.3, 0.4) is 0 Å². The van der Waals surface area contributed by atoms with Gasteiger partial charge in [-0.05, 0) is 45.2 Å².